The first-order chi connectivity index (χ1) is 10.2. The number of para-hydroxylation sites is 2. The van der Waals surface area contributed by atoms with Gasteiger partial charge in [0.2, 0.25) is 6.79 Å². The Morgan fingerprint density at radius 1 is 1.14 bits per heavy atom. The van der Waals surface area contributed by atoms with Gasteiger partial charge in [0.1, 0.15) is 5.75 Å². The summed E-state index contributed by atoms with van der Waals surface area (Å²) in [4.78, 5) is 12.0. The van der Waals surface area contributed by atoms with Crippen molar-refractivity contribution in [1.29, 1.82) is 0 Å². The maximum Gasteiger partial charge on any atom is 0.231 e. The van der Waals surface area contributed by atoms with Crippen LogP contribution in [0.5, 0.6) is 17.2 Å². The van der Waals surface area contributed by atoms with Gasteiger partial charge in [0.25, 0.3) is 0 Å². The van der Waals surface area contributed by atoms with E-state index in [0.717, 1.165) is 0 Å². The largest absolute Gasteiger partial charge is 0.506 e. The van der Waals surface area contributed by atoms with Crippen molar-refractivity contribution in [2.75, 3.05) is 12.1 Å². The Morgan fingerprint density at radius 2 is 1.95 bits per heavy atom. The first-order valence-electron chi connectivity index (χ1n) is 6.39. The number of nitrogens with one attached hydrogen (secondary N) is 1. The minimum absolute atomic E-state index is 0.123. The lowest BCUT2D eigenvalue weighted by Gasteiger charge is -2.03. The van der Waals surface area contributed by atoms with E-state index in [1.807, 2.05) is 0 Å². The number of ether oxygens (including phenoxy) is 2. The molecule has 5 nitrogen and oxygen atoms in total. The van der Waals surface area contributed by atoms with Crippen molar-refractivity contribution in [2.45, 2.75) is 0 Å². The molecule has 1 aliphatic rings. The molecule has 0 spiro atoms. The number of phenolic OH excluding ortho intramolecular Hbond substituents is 1. The van der Waals surface area contributed by atoms with Gasteiger partial charge < -0.3 is 19.9 Å². The summed E-state index contributed by atoms with van der Waals surface area (Å²) in [5, 5.41) is 12.4. The van der Waals surface area contributed by atoms with Gasteiger partial charge in [0.05, 0.1) is 5.69 Å². The number of allylic oxidation sites excluding steroid dienone is 1. The Kier molecular flexibility index (Phi) is 3.47. The van der Waals surface area contributed by atoms with Crippen molar-refractivity contribution in [2.24, 2.45) is 0 Å². The maximum atomic E-state index is 12.0. The van der Waals surface area contributed by atoms with E-state index >= 15 is 0 Å². The first-order valence-corrected chi connectivity index (χ1v) is 6.39. The lowest BCUT2D eigenvalue weighted by Crippen LogP contribution is -1.96. The number of hydrogen-bond acceptors (Lipinski definition) is 5. The SMILES string of the molecule is O=C(/C=C/Nc1ccccc1O)c1ccc2c(c1)OCO2. The van der Waals surface area contributed by atoms with Crippen LogP contribution in [0.4, 0.5) is 5.69 Å². The average Bonchev–Trinajstić information content (AvgIpc) is 2.96. The summed E-state index contributed by atoms with van der Waals surface area (Å²) in [5.41, 5.74) is 1.04. The highest BCUT2D eigenvalue weighted by Gasteiger charge is 2.14. The minimum atomic E-state index is -0.170. The number of anilines is 1. The van der Waals surface area contributed by atoms with Crippen LogP contribution in [0.3, 0.4) is 0 Å². The van der Waals surface area contributed by atoms with Gasteiger partial charge in [-0.15, -0.1) is 0 Å². The highest BCUT2D eigenvalue weighted by Crippen LogP contribution is 2.32. The number of hydrogen-bond donors (Lipinski definition) is 2. The van der Waals surface area contributed by atoms with E-state index in [9.17, 15) is 9.90 Å². The van der Waals surface area contributed by atoms with Crippen molar-refractivity contribution in [3.05, 3.63) is 60.3 Å². The molecule has 0 aromatic heterocycles. The van der Waals surface area contributed by atoms with Gasteiger partial charge in [-0.25, -0.2) is 0 Å². The van der Waals surface area contributed by atoms with Crippen LogP contribution >= 0.6 is 0 Å². The van der Waals surface area contributed by atoms with Crippen LogP contribution in [0, 0.1) is 0 Å². The molecule has 0 aliphatic carbocycles. The summed E-state index contributed by atoms with van der Waals surface area (Å²) in [6.07, 6.45) is 2.88. The Labute approximate surface area is 121 Å². The number of phenols is 1. The third-order valence-electron chi connectivity index (χ3n) is 3.03. The summed E-state index contributed by atoms with van der Waals surface area (Å²) < 4.78 is 10.4. The third kappa shape index (κ3) is 2.81. The highest BCUT2D eigenvalue weighted by atomic mass is 16.7. The summed E-state index contributed by atoms with van der Waals surface area (Å²) in [7, 11) is 0. The van der Waals surface area contributed by atoms with E-state index in [0.29, 0.717) is 22.7 Å². The second-order valence-corrected chi connectivity index (χ2v) is 4.43. The molecule has 1 aliphatic heterocycles. The molecule has 2 aromatic rings. The van der Waals surface area contributed by atoms with Crippen LogP contribution in [0.1, 0.15) is 10.4 Å². The van der Waals surface area contributed by atoms with E-state index in [2.05, 4.69) is 5.32 Å². The molecule has 1 heterocycles. The summed E-state index contributed by atoms with van der Waals surface area (Å²) in [5.74, 6) is 1.17. The van der Waals surface area contributed by atoms with Gasteiger partial charge in [-0.05, 0) is 30.3 Å². The molecule has 0 bridgehead atoms. The molecule has 0 fully saturated rings. The van der Waals surface area contributed by atoms with Gasteiger partial charge in [0.15, 0.2) is 17.3 Å². The molecule has 0 unspecified atom stereocenters. The van der Waals surface area contributed by atoms with Crippen LogP contribution in [0.2, 0.25) is 0 Å². The molecule has 106 valence electrons. The third-order valence-corrected chi connectivity index (χ3v) is 3.03. The topological polar surface area (TPSA) is 67.8 Å². The van der Waals surface area contributed by atoms with Crippen LogP contribution in [0.25, 0.3) is 0 Å². The molecule has 0 saturated heterocycles. The molecule has 0 radical (unpaired) electrons. The standard InChI is InChI=1S/C16H13NO4/c18-13(7-8-17-12-3-1-2-4-14(12)19)11-5-6-15-16(9-11)21-10-20-15/h1-9,17,19H,10H2/b8-7+. The molecule has 0 atom stereocenters. The molecule has 5 heteroatoms. The Hall–Kier alpha value is -2.95. The van der Waals surface area contributed by atoms with Crippen molar-refractivity contribution < 1.29 is 19.4 Å². The molecule has 2 N–H and O–H groups in total. The molecule has 2 aromatic carbocycles. The second-order valence-electron chi connectivity index (χ2n) is 4.43. The summed E-state index contributed by atoms with van der Waals surface area (Å²) in [6.45, 7) is 0.178. The van der Waals surface area contributed by atoms with Crippen LogP contribution in [-0.4, -0.2) is 17.7 Å². The summed E-state index contributed by atoms with van der Waals surface area (Å²) >= 11 is 0. The van der Waals surface area contributed by atoms with Gasteiger partial charge in [0, 0.05) is 17.8 Å². The predicted molar refractivity (Wildman–Crippen MR) is 77.8 cm³/mol. The van der Waals surface area contributed by atoms with Crippen LogP contribution in [0.15, 0.2) is 54.7 Å². The minimum Gasteiger partial charge on any atom is -0.506 e. The fourth-order valence-electron chi connectivity index (χ4n) is 1.95. The van der Waals surface area contributed by atoms with Gasteiger partial charge >= 0.3 is 0 Å². The van der Waals surface area contributed by atoms with Crippen LogP contribution < -0.4 is 14.8 Å². The van der Waals surface area contributed by atoms with Gasteiger partial charge in [-0.1, -0.05) is 12.1 Å². The van der Waals surface area contributed by atoms with E-state index < -0.39 is 0 Å². The number of fused-ring (bicyclic) bond motifs is 1. The predicted octanol–water partition coefficient (Wildman–Crippen LogP) is 2.93. The maximum absolute atomic E-state index is 12.0. The number of carbonyl (C=O) groups excluding carboxylic acids is 1. The molecule has 0 amide bonds. The second kappa shape index (κ2) is 5.58. The Bertz CT molecular complexity index is 709. The fourth-order valence-corrected chi connectivity index (χ4v) is 1.95. The smallest absolute Gasteiger partial charge is 0.231 e. The number of carbonyl (C=O) groups is 1. The molecule has 3 rings (SSSR count). The number of aromatic hydroxyl groups is 1. The zero-order valence-corrected chi connectivity index (χ0v) is 11.1. The molecular weight excluding hydrogens is 270 g/mol. The number of ketones is 1. The monoisotopic (exact) mass is 283 g/mol. The Morgan fingerprint density at radius 3 is 2.81 bits per heavy atom. The van der Waals surface area contributed by atoms with E-state index in [4.69, 9.17) is 9.47 Å². The average molecular weight is 283 g/mol. The van der Waals surface area contributed by atoms with E-state index in [-0.39, 0.29) is 18.3 Å². The normalized spacial score (nSPS) is 12.6. The highest BCUT2D eigenvalue weighted by molar-refractivity contribution is 6.05. The summed E-state index contributed by atoms with van der Waals surface area (Å²) in [6, 6.07) is 11.8. The zero-order valence-electron chi connectivity index (χ0n) is 11.1. The van der Waals surface area contributed by atoms with E-state index in [1.54, 1.807) is 42.5 Å². The van der Waals surface area contributed by atoms with Crippen molar-refractivity contribution >= 4 is 11.5 Å². The van der Waals surface area contributed by atoms with Crippen molar-refractivity contribution in [1.82, 2.24) is 0 Å². The molecule has 21 heavy (non-hydrogen) atoms. The van der Waals surface area contributed by atoms with Gasteiger partial charge in [-0.3, -0.25) is 4.79 Å². The van der Waals surface area contributed by atoms with Crippen molar-refractivity contribution in [3.63, 3.8) is 0 Å². The fraction of sp³-hybridized carbons (Fsp3) is 0.0625. The molecular formula is C16H13NO4. The lowest BCUT2D eigenvalue weighted by molar-refractivity contribution is 0.104. The number of rotatable bonds is 4. The first kappa shape index (κ1) is 13.1. The van der Waals surface area contributed by atoms with E-state index in [1.165, 1.54) is 12.3 Å². The van der Waals surface area contributed by atoms with Crippen molar-refractivity contribution in [3.8, 4) is 17.2 Å². The van der Waals surface area contributed by atoms with Crippen LogP contribution in [-0.2, 0) is 0 Å². The number of benzene rings is 2. The molecule has 0 saturated carbocycles. The van der Waals surface area contributed by atoms with Gasteiger partial charge in [-0.2, -0.15) is 0 Å². The quantitative estimate of drug-likeness (QED) is 0.513. The lowest BCUT2D eigenvalue weighted by atomic mass is 10.1. The zero-order chi connectivity index (χ0) is 14.7. The Balaban J connectivity index is 1.69.